The van der Waals surface area contributed by atoms with Gasteiger partial charge in [0.25, 0.3) is 0 Å². The Balaban J connectivity index is 2.12. The molecule has 2 saturated heterocycles. The molecule has 0 aromatic heterocycles. The summed E-state index contributed by atoms with van der Waals surface area (Å²) in [7, 11) is 0. The van der Waals surface area contributed by atoms with E-state index >= 15 is 0 Å². The first kappa shape index (κ1) is 11.9. The molecule has 92 valence electrons. The smallest absolute Gasteiger partial charge is 0.233 e. The van der Waals surface area contributed by atoms with E-state index in [0.29, 0.717) is 31.2 Å². The lowest BCUT2D eigenvalue weighted by molar-refractivity contribution is -0.179. The molecule has 0 spiro atoms. The van der Waals surface area contributed by atoms with E-state index in [9.17, 15) is 4.79 Å². The minimum atomic E-state index is -0.195. The number of nitrogens with zero attached hydrogens (tertiary/aromatic N) is 1. The van der Waals surface area contributed by atoms with Crippen LogP contribution in [0.25, 0.3) is 0 Å². The van der Waals surface area contributed by atoms with Crippen molar-refractivity contribution < 1.29 is 9.53 Å². The molecule has 2 fully saturated rings. The van der Waals surface area contributed by atoms with E-state index in [-0.39, 0.29) is 5.41 Å². The largest absolute Gasteiger partial charge is 0.379 e. The van der Waals surface area contributed by atoms with E-state index in [1.54, 1.807) is 0 Å². The molecule has 0 radical (unpaired) electrons. The number of ether oxygens (including phenoxy) is 1. The Morgan fingerprint density at radius 1 is 1.31 bits per heavy atom. The third-order valence-corrected chi connectivity index (χ3v) is 4.32. The molecule has 0 aromatic carbocycles. The normalized spacial score (nSPS) is 33.3. The quantitative estimate of drug-likeness (QED) is 0.721. The molecule has 16 heavy (non-hydrogen) atoms. The first-order valence-corrected chi connectivity index (χ1v) is 6.51. The molecular weight excluding hydrogens is 202 g/mol. The van der Waals surface area contributed by atoms with Gasteiger partial charge in [0.1, 0.15) is 0 Å². The Hall–Kier alpha value is -0.570. The van der Waals surface area contributed by atoms with E-state index < -0.39 is 0 Å². The van der Waals surface area contributed by atoms with Crippen molar-refractivity contribution >= 4 is 5.91 Å². The summed E-state index contributed by atoms with van der Waals surface area (Å²) in [5, 5.41) is 0. The second-order valence-corrected chi connectivity index (χ2v) is 5.47. The van der Waals surface area contributed by atoms with E-state index in [1.807, 2.05) is 0 Å². The summed E-state index contributed by atoms with van der Waals surface area (Å²) in [5.74, 6) is 0.334. The predicted octanol–water partition coefficient (Wildman–Crippen LogP) is 2.20. The van der Waals surface area contributed by atoms with E-state index in [1.165, 1.54) is 6.42 Å². The molecule has 0 bridgehead atoms. The van der Waals surface area contributed by atoms with Crippen LogP contribution in [0, 0.1) is 5.41 Å². The lowest BCUT2D eigenvalue weighted by Crippen LogP contribution is -2.59. The highest BCUT2D eigenvalue weighted by atomic mass is 16.5. The fourth-order valence-electron chi connectivity index (χ4n) is 2.92. The monoisotopic (exact) mass is 225 g/mol. The van der Waals surface area contributed by atoms with E-state index in [0.717, 1.165) is 19.3 Å². The third-order valence-electron chi connectivity index (χ3n) is 4.32. The molecule has 3 heteroatoms. The standard InChI is InChI=1S/C13H23NO2/c1-4-13(8-16-9-13)12(15)14-10(2)6-5-7-11(14)3/h10-11H,4-9H2,1-3H3. The van der Waals surface area contributed by atoms with E-state index in [2.05, 4.69) is 25.7 Å². The highest BCUT2D eigenvalue weighted by molar-refractivity contribution is 5.84. The Morgan fingerprint density at radius 2 is 1.88 bits per heavy atom. The van der Waals surface area contributed by atoms with Crippen LogP contribution in [-0.2, 0) is 9.53 Å². The van der Waals surface area contributed by atoms with Gasteiger partial charge in [-0.25, -0.2) is 0 Å². The average Bonchev–Trinajstić information content (AvgIpc) is 2.16. The van der Waals surface area contributed by atoms with Gasteiger partial charge in [0, 0.05) is 12.1 Å². The molecule has 3 nitrogen and oxygen atoms in total. The van der Waals surface area contributed by atoms with Crippen LogP contribution >= 0.6 is 0 Å². The zero-order valence-electron chi connectivity index (χ0n) is 10.7. The number of likely N-dealkylation sites (tertiary alicyclic amines) is 1. The first-order chi connectivity index (χ1) is 7.60. The zero-order chi connectivity index (χ0) is 11.8. The number of hydrogen-bond acceptors (Lipinski definition) is 2. The molecule has 2 aliphatic rings. The summed E-state index contributed by atoms with van der Waals surface area (Å²) in [6.45, 7) is 7.70. The lowest BCUT2D eigenvalue weighted by atomic mass is 9.80. The second kappa shape index (κ2) is 4.36. The summed E-state index contributed by atoms with van der Waals surface area (Å²) >= 11 is 0. The van der Waals surface area contributed by atoms with Gasteiger partial charge in [0.2, 0.25) is 5.91 Å². The number of rotatable bonds is 2. The maximum absolute atomic E-state index is 12.6. The lowest BCUT2D eigenvalue weighted by Gasteiger charge is -2.48. The average molecular weight is 225 g/mol. The Labute approximate surface area is 98.1 Å². The molecule has 2 heterocycles. The summed E-state index contributed by atoms with van der Waals surface area (Å²) in [4.78, 5) is 14.7. The molecule has 0 aromatic rings. The molecule has 2 aliphatic heterocycles. The van der Waals surface area contributed by atoms with Crippen LogP contribution in [0.1, 0.15) is 46.5 Å². The first-order valence-electron chi connectivity index (χ1n) is 6.51. The van der Waals surface area contributed by atoms with Gasteiger partial charge in [0.15, 0.2) is 0 Å². The van der Waals surface area contributed by atoms with Gasteiger partial charge in [-0.1, -0.05) is 6.92 Å². The van der Waals surface area contributed by atoms with Gasteiger partial charge in [-0.2, -0.15) is 0 Å². The van der Waals surface area contributed by atoms with Crippen LogP contribution < -0.4 is 0 Å². The second-order valence-electron chi connectivity index (χ2n) is 5.47. The molecule has 2 rings (SSSR count). The zero-order valence-corrected chi connectivity index (χ0v) is 10.7. The fraction of sp³-hybridized carbons (Fsp3) is 0.923. The van der Waals surface area contributed by atoms with Crippen LogP contribution in [0.2, 0.25) is 0 Å². The SMILES string of the molecule is CCC1(C(=O)N2C(C)CCCC2C)COC1. The third kappa shape index (κ3) is 1.75. The number of carbonyl (C=O) groups is 1. The molecule has 0 aliphatic carbocycles. The summed E-state index contributed by atoms with van der Waals surface area (Å²) in [6, 6.07) is 0.806. The van der Waals surface area contributed by atoms with Crippen molar-refractivity contribution in [1.29, 1.82) is 0 Å². The van der Waals surface area contributed by atoms with Crippen molar-refractivity contribution in [3.63, 3.8) is 0 Å². The van der Waals surface area contributed by atoms with Crippen molar-refractivity contribution in [2.75, 3.05) is 13.2 Å². The topological polar surface area (TPSA) is 29.5 Å². The van der Waals surface area contributed by atoms with Crippen molar-refractivity contribution in [1.82, 2.24) is 4.90 Å². The number of hydrogen-bond donors (Lipinski definition) is 0. The highest BCUT2D eigenvalue weighted by Gasteiger charge is 2.48. The number of piperidine rings is 1. The molecule has 1 amide bonds. The molecule has 2 atom stereocenters. The van der Waals surface area contributed by atoms with Gasteiger partial charge in [-0.05, 0) is 39.5 Å². The van der Waals surface area contributed by atoms with Crippen molar-refractivity contribution in [2.24, 2.45) is 5.41 Å². The Morgan fingerprint density at radius 3 is 2.25 bits per heavy atom. The Kier molecular flexibility index (Phi) is 3.24. The van der Waals surface area contributed by atoms with Crippen molar-refractivity contribution in [3.8, 4) is 0 Å². The van der Waals surface area contributed by atoms with Gasteiger partial charge in [-0.3, -0.25) is 4.79 Å². The van der Waals surface area contributed by atoms with Crippen LogP contribution in [0.15, 0.2) is 0 Å². The predicted molar refractivity (Wildman–Crippen MR) is 63.2 cm³/mol. The maximum Gasteiger partial charge on any atom is 0.233 e. The number of carbonyl (C=O) groups excluding carboxylic acids is 1. The Bertz CT molecular complexity index is 258. The fourth-order valence-corrected chi connectivity index (χ4v) is 2.92. The minimum Gasteiger partial charge on any atom is -0.379 e. The molecule has 2 unspecified atom stereocenters. The van der Waals surface area contributed by atoms with Crippen molar-refractivity contribution in [2.45, 2.75) is 58.5 Å². The summed E-state index contributed by atoms with van der Waals surface area (Å²) in [6.07, 6.45) is 4.46. The summed E-state index contributed by atoms with van der Waals surface area (Å²) in [5.41, 5.74) is -0.195. The van der Waals surface area contributed by atoms with Crippen LogP contribution in [0.3, 0.4) is 0 Å². The minimum absolute atomic E-state index is 0.195. The number of amides is 1. The molecular formula is C13H23NO2. The maximum atomic E-state index is 12.6. The van der Waals surface area contributed by atoms with E-state index in [4.69, 9.17) is 4.74 Å². The van der Waals surface area contributed by atoms with Crippen LogP contribution in [0.5, 0.6) is 0 Å². The van der Waals surface area contributed by atoms with Gasteiger partial charge in [-0.15, -0.1) is 0 Å². The highest BCUT2D eigenvalue weighted by Crippen LogP contribution is 2.36. The van der Waals surface area contributed by atoms with Crippen LogP contribution in [0.4, 0.5) is 0 Å². The van der Waals surface area contributed by atoms with Crippen LogP contribution in [-0.4, -0.2) is 36.1 Å². The molecule has 0 saturated carbocycles. The van der Waals surface area contributed by atoms with Gasteiger partial charge < -0.3 is 9.64 Å². The molecule has 0 N–H and O–H groups in total. The van der Waals surface area contributed by atoms with Crippen molar-refractivity contribution in [3.05, 3.63) is 0 Å². The van der Waals surface area contributed by atoms with Gasteiger partial charge in [0.05, 0.1) is 18.6 Å². The van der Waals surface area contributed by atoms with Gasteiger partial charge >= 0.3 is 0 Å². The summed E-state index contributed by atoms with van der Waals surface area (Å²) < 4.78 is 5.26.